The summed E-state index contributed by atoms with van der Waals surface area (Å²) in [5.41, 5.74) is 0.374. The fourth-order valence-corrected chi connectivity index (χ4v) is 6.82. The second-order valence-corrected chi connectivity index (χ2v) is 8.82. The number of rotatable bonds is 0. The van der Waals surface area contributed by atoms with Gasteiger partial charge in [0.05, 0.1) is 0 Å². The van der Waals surface area contributed by atoms with Crippen molar-refractivity contribution in [3.8, 4) is 0 Å². The lowest BCUT2D eigenvalue weighted by Crippen LogP contribution is -2.53. The fourth-order valence-electron chi connectivity index (χ4n) is 6.82. The molecule has 0 bridgehead atoms. The Morgan fingerprint density at radius 2 is 1.71 bits per heavy atom. The van der Waals surface area contributed by atoms with Gasteiger partial charge in [-0.3, -0.25) is 9.59 Å². The summed E-state index contributed by atoms with van der Waals surface area (Å²) in [5.74, 6) is 3.82. The first-order valence-electron chi connectivity index (χ1n) is 9.00. The monoisotopic (exact) mass is 288 g/mol. The topological polar surface area (TPSA) is 34.1 Å². The highest BCUT2D eigenvalue weighted by molar-refractivity contribution is 5.87. The summed E-state index contributed by atoms with van der Waals surface area (Å²) < 4.78 is 0. The Balaban J connectivity index is 1.65. The number of hydrogen-bond acceptors (Lipinski definition) is 2. The number of fused-ring (bicyclic) bond motifs is 5. The maximum atomic E-state index is 12.4. The predicted molar refractivity (Wildman–Crippen MR) is 81.7 cm³/mol. The van der Waals surface area contributed by atoms with E-state index in [1.54, 1.807) is 0 Å². The van der Waals surface area contributed by atoms with Gasteiger partial charge in [0.1, 0.15) is 11.6 Å². The summed E-state index contributed by atoms with van der Waals surface area (Å²) >= 11 is 0. The molecule has 0 aromatic heterocycles. The minimum Gasteiger partial charge on any atom is -0.300 e. The van der Waals surface area contributed by atoms with Crippen molar-refractivity contribution < 1.29 is 9.59 Å². The fraction of sp³-hybridized carbons (Fsp3) is 0.895. The molecular weight excluding hydrogens is 260 g/mol. The molecule has 6 atom stereocenters. The van der Waals surface area contributed by atoms with E-state index in [0.717, 1.165) is 50.4 Å². The van der Waals surface area contributed by atoms with Crippen LogP contribution in [-0.2, 0) is 9.59 Å². The molecule has 4 saturated carbocycles. The van der Waals surface area contributed by atoms with E-state index in [1.165, 1.54) is 19.3 Å². The van der Waals surface area contributed by atoms with Crippen molar-refractivity contribution in [2.45, 2.75) is 71.6 Å². The first kappa shape index (κ1) is 14.0. The van der Waals surface area contributed by atoms with Gasteiger partial charge in [0.15, 0.2) is 0 Å². The van der Waals surface area contributed by atoms with Gasteiger partial charge in [0, 0.05) is 24.7 Å². The van der Waals surface area contributed by atoms with Crippen LogP contribution in [0.3, 0.4) is 0 Å². The van der Waals surface area contributed by atoms with E-state index in [9.17, 15) is 9.59 Å². The Bertz CT molecular complexity index is 496. The molecule has 116 valence electrons. The maximum Gasteiger partial charge on any atom is 0.139 e. The molecular formula is C19H28O2. The maximum absolute atomic E-state index is 12.4. The lowest BCUT2D eigenvalue weighted by atomic mass is 9.45. The van der Waals surface area contributed by atoms with Gasteiger partial charge in [-0.15, -0.1) is 0 Å². The highest BCUT2D eigenvalue weighted by Gasteiger charge is 2.60. The van der Waals surface area contributed by atoms with Crippen molar-refractivity contribution in [3.05, 3.63) is 0 Å². The molecule has 0 saturated heterocycles. The van der Waals surface area contributed by atoms with Crippen LogP contribution < -0.4 is 0 Å². The van der Waals surface area contributed by atoms with E-state index >= 15 is 0 Å². The molecule has 4 aliphatic rings. The summed E-state index contributed by atoms with van der Waals surface area (Å²) in [5, 5.41) is 0. The third-order valence-corrected chi connectivity index (χ3v) is 8.19. The molecule has 0 heterocycles. The Hall–Kier alpha value is -0.660. The van der Waals surface area contributed by atoms with Crippen LogP contribution in [0, 0.1) is 34.5 Å². The van der Waals surface area contributed by atoms with Gasteiger partial charge in [0.2, 0.25) is 0 Å². The minimum atomic E-state index is -0.00511. The molecule has 4 aliphatic carbocycles. The number of carbonyl (C=O) groups is 2. The van der Waals surface area contributed by atoms with Crippen LogP contribution in [0.15, 0.2) is 0 Å². The van der Waals surface area contributed by atoms with Crippen molar-refractivity contribution in [2.24, 2.45) is 34.5 Å². The summed E-state index contributed by atoms with van der Waals surface area (Å²) in [6.45, 7) is 4.72. The molecule has 0 aliphatic heterocycles. The largest absolute Gasteiger partial charge is 0.300 e. The zero-order valence-electron chi connectivity index (χ0n) is 13.5. The number of carbonyl (C=O) groups excluding carboxylic acids is 2. The minimum absolute atomic E-state index is 0.00511. The Kier molecular flexibility index (Phi) is 2.94. The third-order valence-electron chi connectivity index (χ3n) is 8.19. The van der Waals surface area contributed by atoms with E-state index in [4.69, 9.17) is 0 Å². The van der Waals surface area contributed by atoms with Crippen molar-refractivity contribution >= 4 is 11.6 Å². The molecule has 0 aromatic rings. The Morgan fingerprint density at radius 3 is 2.52 bits per heavy atom. The normalized spacial score (nSPS) is 53.0. The Labute approximate surface area is 128 Å². The summed E-state index contributed by atoms with van der Waals surface area (Å²) in [6.07, 6.45) is 9.53. The van der Waals surface area contributed by atoms with Gasteiger partial charge in [0.25, 0.3) is 0 Å². The molecule has 0 N–H and O–H groups in total. The molecule has 2 heteroatoms. The van der Waals surface area contributed by atoms with Gasteiger partial charge in [-0.2, -0.15) is 0 Å². The van der Waals surface area contributed by atoms with Crippen molar-refractivity contribution in [1.82, 2.24) is 0 Å². The van der Waals surface area contributed by atoms with Crippen LogP contribution in [0.1, 0.15) is 71.6 Å². The molecule has 0 aromatic carbocycles. The Morgan fingerprint density at radius 1 is 0.905 bits per heavy atom. The predicted octanol–water partition coefficient (Wildman–Crippen LogP) is 4.17. The molecule has 4 rings (SSSR count). The van der Waals surface area contributed by atoms with E-state index in [2.05, 4.69) is 13.8 Å². The average Bonchev–Trinajstić information content (AvgIpc) is 2.76. The highest BCUT2D eigenvalue weighted by atomic mass is 16.1. The number of Topliss-reactive ketones (excluding diaryl/α,β-unsaturated/α-hetero) is 2. The molecule has 2 nitrogen and oxygen atoms in total. The molecule has 0 radical (unpaired) electrons. The first-order chi connectivity index (χ1) is 9.95. The van der Waals surface area contributed by atoms with Crippen LogP contribution in [0.25, 0.3) is 0 Å². The van der Waals surface area contributed by atoms with E-state index < -0.39 is 0 Å². The van der Waals surface area contributed by atoms with Gasteiger partial charge in [-0.25, -0.2) is 0 Å². The molecule has 0 amide bonds. The SMILES string of the molecule is C[C@]12CCC(=O)C[C@@H]1CC[C@H]1[C@H]3CCC(=O)[C@@]3(C)CC[C@@H]12. The van der Waals surface area contributed by atoms with Crippen molar-refractivity contribution in [2.75, 3.05) is 0 Å². The van der Waals surface area contributed by atoms with Crippen molar-refractivity contribution in [3.63, 3.8) is 0 Å². The summed E-state index contributed by atoms with van der Waals surface area (Å²) in [7, 11) is 0. The summed E-state index contributed by atoms with van der Waals surface area (Å²) in [6, 6.07) is 0. The average molecular weight is 288 g/mol. The second-order valence-electron chi connectivity index (χ2n) is 8.82. The van der Waals surface area contributed by atoms with Gasteiger partial charge >= 0.3 is 0 Å². The zero-order valence-corrected chi connectivity index (χ0v) is 13.5. The number of hydrogen-bond donors (Lipinski definition) is 0. The van der Waals surface area contributed by atoms with E-state index in [1.807, 2.05) is 0 Å². The smallest absolute Gasteiger partial charge is 0.139 e. The second kappa shape index (κ2) is 4.43. The van der Waals surface area contributed by atoms with Crippen LogP contribution in [0.5, 0.6) is 0 Å². The van der Waals surface area contributed by atoms with E-state index in [0.29, 0.717) is 28.8 Å². The van der Waals surface area contributed by atoms with Crippen molar-refractivity contribution in [1.29, 1.82) is 0 Å². The lowest BCUT2D eigenvalue weighted by molar-refractivity contribution is -0.144. The van der Waals surface area contributed by atoms with E-state index in [-0.39, 0.29) is 5.41 Å². The van der Waals surface area contributed by atoms with Crippen LogP contribution in [-0.4, -0.2) is 11.6 Å². The lowest BCUT2D eigenvalue weighted by Gasteiger charge is -2.59. The van der Waals surface area contributed by atoms with Crippen LogP contribution in [0.4, 0.5) is 0 Å². The summed E-state index contributed by atoms with van der Waals surface area (Å²) in [4.78, 5) is 24.2. The molecule has 0 unspecified atom stereocenters. The van der Waals surface area contributed by atoms with Crippen LogP contribution >= 0.6 is 0 Å². The van der Waals surface area contributed by atoms with Crippen LogP contribution in [0.2, 0.25) is 0 Å². The third kappa shape index (κ3) is 1.77. The zero-order chi connectivity index (χ0) is 14.8. The van der Waals surface area contributed by atoms with Gasteiger partial charge < -0.3 is 0 Å². The quantitative estimate of drug-likeness (QED) is 0.670. The standard InChI is InChI=1S/C19H28O2/c1-18-9-7-13(20)11-12(18)3-4-14-15-5-6-17(21)19(15,2)10-8-16(14)18/h12,14-16H,3-11H2,1-2H3/t12-,14-,15+,16-,18-,19-/m0/s1. The first-order valence-corrected chi connectivity index (χ1v) is 9.00. The number of ketones is 2. The highest BCUT2D eigenvalue weighted by Crippen LogP contribution is 2.65. The molecule has 0 spiro atoms. The van der Waals surface area contributed by atoms with Gasteiger partial charge in [-0.1, -0.05) is 13.8 Å². The van der Waals surface area contributed by atoms with Gasteiger partial charge in [-0.05, 0) is 67.6 Å². The molecule has 4 fully saturated rings. The molecule has 21 heavy (non-hydrogen) atoms.